The fourth-order valence-corrected chi connectivity index (χ4v) is 5.09. The lowest BCUT2D eigenvalue weighted by Gasteiger charge is -2.14. The van der Waals surface area contributed by atoms with Crippen LogP contribution < -0.4 is 19.5 Å². The van der Waals surface area contributed by atoms with E-state index in [0.29, 0.717) is 46.8 Å². The van der Waals surface area contributed by atoms with Gasteiger partial charge in [-0.1, -0.05) is 12.1 Å². The van der Waals surface area contributed by atoms with E-state index in [1.807, 2.05) is 6.92 Å². The van der Waals surface area contributed by atoms with Gasteiger partial charge in [-0.15, -0.1) is 11.3 Å². The molecule has 1 aromatic heterocycles. The second-order valence-electron chi connectivity index (χ2n) is 8.08. The fourth-order valence-electron chi connectivity index (χ4n) is 3.99. The van der Waals surface area contributed by atoms with Crippen molar-refractivity contribution >= 4 is 34.9 Å². The van der Waals surface area contributed by atoms with Gasteiger partial charge in [-0.05, 0) is 67.8 Å². The smallest absolute Gasteiger partial charge is 0.337 e. The zero-order chi connectivity index (χ0) is 25.7. The summed E-state index contributed by atoms with van der Waals surface area (Å²) >= 11 is 1.09. The number of thiazole rings is 1. The third-order valence-corrected chi connectivity index (χ3v) is 6.88. The largest absolute Gasteiger partial charge is 0.494 e. The maximum absolute atomic E-state index is 13.6. The third kappa shape index (κ3) is 5.09. The first-order chi connectivity index (χ1) is 17.5. The molecule has 36 heavy (non-hydrogen) atoms. The quantitative estimate of drug-likeness (QED) is 0.478. The lowest BCUT2D eigenvalue weighted by Crippen LogP contribution is -2.35. The van der Waals surface area contributed by atoms with E-state index in [0.717, 1.165) is 24.2 Å². The van der Waals surface area contributed by atoms with Crippen LogP contribution in [0.4, 0.5) is 0 Å². The normalized spacial score (nSPS) is 14.4. The highest BCUT2D eigenvalue weighted by Crippen LogP contribution is 2.15. The van der Waals surface area contributed by atoms with Crippen LogP contribution in [0, 0.1) is 11.3 Å². The highest BCUT2D eigenvalue weighted by atomic mass is 32.1. The number of esters is 1. The van der Waals surface area contributed by atoms with Crippen molar-refractivity contribution in [2.75, 3.05) is 26.8 Å². The Labute approximate surface area is 211 Å². The molecule has 9 heteroatoms. The molecule has 2 heterocycles. The predicted molar refractivity (Wildman–Crippen MR) is 137 cm³/mol. The molecule has 1 aliphatic rings. The minimum absolute atomic E-state index is 0.0615. The summed E-state index contributed by atoms with van der Waals surface area (Å²) in [5, 5.41) is 9.97. The Kier molecular flexibility index (Phi) is 7.66. The molecule has 0 spiro atoms. The maximum Gasteiger partial charge on any atom is 0.337 e. The van der Waals surface area contributed by atoms with Crippen molar-refractivity contribution in [3.05, 3.63) is 79.2 Å². The van der Waals surface area contributed by atoms with E-state index >= 15 is 0 Å². The van der Waals surface area contributed by atoms with Crippen molar-refractivity contribution in [2.45, 2.75) is 19.8 Å². The number of carbonyl (C=O) groups excluding carboxylic acids is 2. The van der Waals surface area contributed by atoms with Gasteiger partial charge in [-0.3, -0.25) is 14.2 Å². The minimum atomic E-state index is -0.452. The van der Waals surface area contributed by atoms with Crippen molar-refractivity contribution in [3.63, 3.8) is 0 Å². The Balaban J connectivity index is 1.91. The Hall–Kier alpha value is -4.16. The second-order valence-corrected chi connectivity index (χ2v) is 9.11. The summed E-state index contributed by atoms with van der Waals surface area (Å²) in [6.07, 6.45) is 3.46. The SMILES string of the molecule is CCOc1ccc(-n2c(=O)/c(=C/c3ccc(C(=O)OC)cc3)s/c2=C(/C#N)C(=O)N2CCCC2)cc1. The van der Waals surface area contributed by atoms with Gasteiger partial charge in [0.25, 0.3) is 11.5 Å². The van der Waals surface area contributed by atoms with Crippen molar-refractivity contribution in [3.8, 4) is 17.5 Å². The molecule has 1 aliphatic heterocycles. The van der Waals surface area contributed by atoms with Crippen molar-refractivity contribution in [1.29, 1.82) is 5.26 Å². The summed E-state index contributed by atoms with van der Waals surface area (Å²) < 4.78 is 12.3. The van der Waals surface area contributed by atoms with Gasteiger partial charge in [0.2, 0.25) is 0 Å². The number of methoxy groups -OCH3 is 1. The lowest BCUT2D eigenvalue weighted by atomic mass is 10.1. The van der Waals surface area contributed by atoms with E-state index in [1.165, 1.54) is 11.7 Å². The second kappa shape index (κ2) is 11.1. The number of ether oxygens (including phenoxy) is 2. The number of amides is 1. The molecular weight excluding hydrogens is 478 g/mol. The predicted octanol–water partition coefficient (Wildman–Crippen LogP) is 2.21. The molecule has 1 amide bonds. The molecule has 8 nitrogen and oxygen atoms in total. The number of aromatic nitrogens is 1. The first-order valence-corrected chi connectivity index (χ1v) is 12.4. The van der Waals surface area contributed by atoms with Gasteiger partial charge in [0.15, 0.2) is 5.57 Å². The number of likely N-dealkylation sites (tertiary alicyclic amines) is 1. The van der Waals surface area contributed by atoms with Gasteiger partial charge >= 0.3 is 5.97 Å². The minimum Gasteiger partial charge on any atom is -0.494 e. The summed E-state index contributed by atoms with van der Waals surface area (Å²) in [5.74, 6) is -0.169. The van der Waals surface area contributed by atoms with E-state index in [-0.39, 0.29) is 21.7 Å². The molecule has 0 bridgehead atoms. The van der Waals surface area contributed by atoms with Gasteiger partial charge in [-0.25, -0.2) is 4.79 Å². The summed E-state index contributed by atoms with van der Waals surface area (Å²) in [4.78, 5) is 40.2. The highest BCUT2D eigenvalue weighted by molar-refractivity contribution is 7.07. The van der Waals surface area contributed by atoms with Crippen molar-refractivity contribution in [1.82, 2.24) is 9.47 Å². The van der Waals surface area contributed by atoms with Crippen molar-refractivity contribution < 1.29 is 19.1 Å². The standard InChI is InChI=1S/C27H25N3O5S/c1-3-35-21-12-10-20(11-13-21)30-25(32)23(16-18-6-8-19(9-7-18)27(33)34-2)36-26(30)22(17-28)24(31)29-14-4-5-15-29/h6-13,16H,3-5,14-15H2,1-2H3/b23-16-,26-22-. The monoisotopic (exact) mass is 503 g/mol. The number of nitriles is 1. The van der Waals surface area contributed by atoms with E-state index in [4.69, 9.17) is 9.47 Å². The Morgan fingerprint density at radius 1 is 1.08 bits per heavy atom. The number of hydrogen-bond donors (Lipinski definition) is 0. The van der Waals surface area contributed by atoms with Crippen LogP contribution >= 0.6 is 11.3 Å². The first kappa shape index (κ1) is 24.9. The van der Waals surface area contributed by atoms with Crippen LogP contribution in [0.25, 0.3) is 17.3 Å². The fraction of sp³-hybridized carbons (Fsp3) is 0.259. The summed E-state index contributed by atoms with van der Waals surface area (Å²) in [6, 6.07) is 15.6. The molecule has 3 aromatic rings. The number of nitrogens with zero attached hydrogens (tertiary/aromatic N) is 3. The van der Waals surface area contributed by atoms with E-state index in [1.54, 1.807) is 59.5 Å². The Bertz CT molecular complexity index is 1490. The van der Waals surface area contributed by atoms with Gasteiger partial charge in [0.1, 0.15) is 16.5 Å². The molecule has 0 radical (unpaired) electrons. The number of benzene rings is 2. The average Bonchev–Trinajstić information content (AvgIpc) is 3.54. The van der Waals surface area contributed by atoms with Crippen LogP contribution in [0.5, 0.6) is 5.75 Å². The molecule has 1 saturated heterocycles. The topological polar surface area (TPSA) is 102 Å². The van der Waals surface area contributed by atoms with Crippen molar-refractivity contribution in [2.24, 2.45) is 0 Å². The van der Waals surface area contributed by atoms with Gasteiger partial charge in [0.05, 0.1) is 29.5 Å². The molecule has 0 aliphatic carbocycles. The van der Waals surface area contributed by atoms with E-state index < -0.39 is 5.97 Å². The van der Waals surface area contributed by atoms with E-state index in [9.17, 15) is 19.6 Å². The average molecular weight is 504 g/mol. The zero-order valence-corrected chi connectivity index (χ0v) is 20.8. The van der Waals surface area contributed by atoms with Crippen LogP contribution in [-0.4, -0.2) is 48.1 Å². The molecule has 2 aromatic carbocycles. The molecule has 0 unspecified atom stereocenters. The molecular formula is C27H25N3O5S. The maximum atomic E-state index is 13.6. The summed E-state index contributed by atoms with van der Waals surface area (Å²) in [6.45, 7) is 3.57. The van der Waals surface area contributed by atoms with Gasteiger partial charge in [0, 0.05) is 13.1 Å². The first-order valence-electron chi connectivity index (χ1n) is 11.6. The van der Waals surface area contributed by atoms with Gasteiger partial charge < -0.3 is 14.4 Å². The van der Waals surface area contributed by atoms with Crippen LogP contribution in [0.3, 0.4) is 0 Å². The number of rotatable bonds is 6. The van der Waals surface area contributed by atoms with E-state index in [2.05, 4.69) is 6.07 Å². The summed E-state index contributed by atoms with van der Waals surface area (Å²) in [7, 11) is 1.31. The van der Waals surface area contributed by atoms with Crippen LogP contribution in [-0.2, 0) is 9.53 Å². The Morgan fingerprint density at radius 3 is 2.33 bits per heavy atom. The van der Waals surface area contributed by atoms with Crippen LogP contribution in [0.1, 0.15) is 35.7 Å². The summed E-state index contributed by atoms with van der Waals surface area (Å²) in [5.41, 5.74) is 1.20. The molecule has 0 saturated carbocycles. The lowest BCUT2D eigenvalue weighted by molar-refractivity contribution is -0.123. The molecule has 4 rings (SSSR count). The number of hydrogen-bond acceptors (Lipinski definition) is 7. The van der Waals surface area contributed by atoms with Crippen LogP contribution in [0.15, 0.2) is 53.3 Å². The van der Waals surface area contributed by atoms with Crippen LogP contribution in [0.2, 0.25) is 0 Å². The molecule has 0 atom stereocenters. The van der Waals surface area contributed by atoms with Gasteiger partial charge in [-0.2, -0.15) is 5.26 Å². The Morgan fingerprint density at radius 2 is 1.75 bits per heavy atom. The molecule has 1 fully saturated rings. The third-order valence-electron chi connectivity index (χ3n) is 5.79. The highest BCUT2D eigenvalue weighted by Gasteiger charge is 2.24. The zero-order valence-electron chi connectivity index (χ0n) is 20.0. The molecule has 184 valence electrons. The number of carbonyl (C=O) groups is 2. The molecule has 0 N–H and O–H groups in total.